The van der Waals surface area contributed by atoms with Crippen molar-refractivity contribution in [1.82, 2.24) is 0 Å². The van der Waals surface area contributed by atoms with Crippen molar-refractivity contribution < 1.29 is 4.48 Å². The standard InChI is InChI=1S/C22H46N3/c1-3-4-5-6-7-8-9-10-11-12-13-14-15-16-17-22-24-19-21-25(22,2)20-18-23/h3-21,23H2,1-2H3/q+1. The van der Waals surface area contributed by atoms with Crippen LogP contribution in [-0.4, -0.2) is 43.5 Å². The fourth-order valence-electron chi connectivity index (χ4n) is 4.05. The Kier molecular flexibility index (Phi) is 13.3. The summed E-state index contributed by atoms with van der Waals surface area (Å²) < 4.78 is 1.01. The normalized spacial score (nSPS) is 20.2. The molecule has 1 unspecified atom stereocenters. The molecule has 0 amide bonds. The summed E-state index contributed by atoms with van der Waals surface area (Å²) in [5.41, 5.74) is 5.77. The second kappa shape index (κ2) is 14.7. The molecule has 1 heterocycles. The predicted octanol–water partition coefficient (Wildman–Crippen LogP) is 5.68. The number of aliphatic imine (C=N–C) groups is 1. The lowest BCUT2D eigenvalue weighted by molar-refractivity contribution is -0.813. The molecule has 0 aromatic rings. The molecule has 3 nitrogen and oxygen atoms in total. The Morgan fingerprint density at radius 1 is 0.800 bits per heavy atom. The van der Waals surface area contributed by atoms with Crippen LogP contribution >= 0.6 is 0 Å². The number of unbranched alkanes of at least 4 members (excludes halogenated alkanes) is 13. The van der Waals surface area contributed by atoms with Gasteiger partial charge in [0.15, 0.2) is 5.84 Å². The van der Waals surface area contributed by atoms with Crippen molar-refractivity contribution in [1.29, 1.82) is 0 Å². The minimum absolute atomic E-state index is 0.772. The van der Waals surface area contributed by atoms with E-state index in [0.717, 1.165) is 30.7 Å². The SMILES string of the molecule is CCCCCCCCCCCCCCCCC1=NCC[N+]1(C)CCN. The number of nitrogens with two attached hydrogens (primary N) is 1. The first-order valence-electron chi connectivity index (χ1n) is 11.3. The Morgan fingerprint density at radius 3 is 1.76 bits per heavy atom. The Balaban J connectivity index is 1.85. The van der Waals surface area contributed by atoms with Crippen LogP contribution < -0.4 is 5.73 Å². The molecule has 1 aliphatic rings. The maximum Gasteiger partial charge on any atom is 0.198 e. The summed E-state index contributed by atoms with van der Waals surface area (Å²) in [6.45, 7) is 6.28. The van der Waals surface area contributed by atoms with Crippen LogP contribution in [0.1, 0.15) is 103 Å². The van der Waals surface area contributed by atoms with Gasteiger partial charge in [-0.05, 0) is 6.42 Å². The monoisotopic (exact) mass is 352 g/mol. The largest absolute Gasteiger partial charge is 0.326 e. The summed E-state index contributed by atoms with van der Waals surface area (Å²) in [6, 6.07) is 0. The number of nitrogens with zero attached hydrogens (tertiary/aromatic N) is 2. The van der Waals surface area contributed by atoms with Crippen molar-refractivity contribution in [3.05, 3.63) is 0 Å². The molecule has 0 aromatic heterocycles. The lowest BCUT2D eigenvalue weighted by atomic mass is 10.0. The van der Waals surface area contributed by atoms with E-state index in [1.807, 2.05) is 0 Å². The van der Waals surface area contributed by atoms with Crippen LogP contribution in [0, 0.1) is 0 Å². The zero-order valence-corrected chi connectivity index (χ0v) is 17.4. The minimum Gasteiger partial charge on any atom is -0.326 e. The molecule has 148 valence electrons. The summed E-state index contributed by atoms with van der Waals surface area (Å²) >= 11 is 0. The van der Waals surface area contributed by atoms with Crippen LogP contribution in [-0.2, 0) is 0 Å². The van der Waals surface area contributed by atoms with Gasteiger partial charge in [-0.3, -0.25) is 4.48 Å². The molecule has 0 spiro atoms. The topological polar surface area (TPSA) is 38.4 Å². The highest BCUT2D eigenvalue weighted by Gasteiger charge is 2.31. The predicted molar refractivity (Wildman–Crippen MR) is 112 cm³/mol. The zero-order valence-electron chi connectivity index (χ0n) is 17.4. The highest BCUT2D eigenvalue weighted by molar-refractivity contribution is 5.76. The van der Waals surface area contributed by atoms with E-state index >= 15 is 0 Å². The van der Waals surface area contributed by atoms with Crippen LogP contribution in [0.15, 0.2) is 4.99 Å². The van der Waals surface area contributed by atoms with E-state index in [4.69, 9.17) is 10.7 Å². The van der Waals surface area contributed by atoms with Crippen LogP contribution in [0.25, 0.3) is 0 Å². The molecule has 3 heteroatoms. The Bertz CT molecular complexity index is 340. The number of likely N-dealkylation sites (N-methyl/N-ethyl adjacent to an activating group) is 1. The second-order valence-electron chi connectivity index (χ2n) is 8.28. The van der Waals surface area contributed by atoms with Gasteiger partial charge in [-0.2, -0.15) is 0 Å². The Labute approximate surface area is 158 Å². The highest BCUT2D eigenvalue weighted by atomic mass is 15.4. The molecular weight excluding hydrogens is 306 g/mol. The Hall–Kier alpha value is -0.410. The summed E-state index contributed by atoms with van der Waals surface area (Å²) in [5.74, 6) is 1.41. The van der Waals surface area contributed by atoms with Crippen molar-refractivity contribution in [2.75, 3.05) is 33.2 Å². The van der Waals surface area contributed by atoms with E-state index in [0.29, 0.717) is 0 Å². The van der Waals surface area contributed by atoms with Gasteiger partial charge in [0.25, 0.3) is 0 Å². The fourth-order valence-corrected chi connectivity index (χ4v) is 4.05. The fraction of sp³-hybridized carbons (Fsp3) is 0.955. The van der Waals surface area contributed by atoms with Crippen molar-refractivity contribution in [2.24, 2.45) is 10.7 Å². The first-order valence-corrected chi connectivity index (χ1v) is 11.3. The van der Waals surface area contributed by atoms with E-state index < -0.39 is 0 Å². The zero-order chi connectivity index (χ0) is 18.2. The molecule has 0 saturated heterocycles. The lowest BCUT2D eigenvalue weighted by Gasteiger charge is -2.29. The van der Waals surface area contributed by atoms with E-state index in [9.17, 15) is 0 Å². The average molecular weight is 353 g/mol. The third-order valence-corrected chi connectivity index (χ3v) is 5.89. The van der Waals surface area contributed by atoms with Gasteiger partial charge < -0.3 is 5.73 Å². The summed E-state index contributed by atoms with van der Waals surface area (Å²) in [6.07, 6.45) is 21.2. The van der Waals surface area contributed by atoms with Crippen LogP contribution in [0.2, 0.25) is 0 Å². The van der Waals surface area contributed by atoms with Crippen molar-refractivity contribution in [3.8, 4) is 0 Å². The summed E-state index contributed by atoms with van der Waals surface area (Å²) in [7, 11) is 2.31. The molecule has 0 fully saturated rings. The molecule has 2 N–H and O–H groups in total. The van der Waals surface area contributed by atoms with Crippen molar-refractivity contribution in [3.63, 3.8) is 0 Å². The molecule has 1 rings (SSSR count). The molecule has 0 radical (unpaired) electrons. The quantitative estimate of drug-likeness (QED) is 0.265. The van der Waals surface area contributed by atoms with Gasteiger partial charge in [0.2, 0.25) is 0 Å². The van der Waals surface area contributed by atoms with Gasteiger partial charge >= 0.3 is 0 Å². The van der Waals surface area contributed by atoms with E-state index in [1.54, 1.807) is 0 Å². The van der Waals surface area contributed by atoms with Crippen molar-refractivity contribution >= 4 is 5.84 Å². The number of rotatable bonds is 17. The summed E-state index contributed by atoms with van der Waals surface area (Å²) in [4.78, 5) is 4.74. The molecule has 0 aromatic carbocycles. The van der Waals surface area contributed by atoms with Crippen LogP contribution in [0.3, 0.4) is 0 Å². The third-order valence-electron chi connectivity index (χ3n) is 5.89. The van der Waals surface area contributed by atoms with Crippen LogP contribution in [0.4, 0.5) is 0 Å². The van der Waals surface area contributed by atoms with Gasteiger partial charge in [0.1, 0.15) is 6.54 Å². The van der Waals surface area contributed by atoms with Gasteiger partial charge in [0, 0.05) is 13.0 Å². The summed E-state index contributed by atoms with van der Waals surface area (Å²) in [5, 5.41) is 0. The Morgan fingerprint density at radius 2 is 1.28 bits per heavy atom. The molecule has 25 heavy (non-hydrogen) atoms. The third kappa shape index (κ3) is 10.4. The maximum atomic E-state index is 5.77. The highest BCUT2D eigenvalue weighted by Crippen LogP contribution is 2.18. The van der Waals surface area contributed by atoms with E-state index in [1.165, 1.54) is 102 Å². The molecule has 0 aliphatic carbocycles. The molecule has 0 bridgehead atoms. The minimum atomic E-state index is 0.772. The van der Waals surface area contributed by atoms with Gasteiger partial charge in [-0.1, -0.05) is 90.4 Å². The second-order valence-corrected chi connectivity index (χ2v) is 8.28. The first-order chi connectivity index (χ1) is 12.2. The molecule has 1 aliphatic heterocycles. The molecule has 0 saturated carbocycles. The number of hydrogen-bond donors (Lipinski definition) is 1. The molecule has 1 atom stereocenters. The lowest BCUT2D eigenvalue weighted by Crippen LogP contribution is -2.49. The number of hydrogen-bond acceptors (Lipinski definition) is 2. The number of amidine groups is 1. The van der Waals surface area contributed by atoms with Crippen molar-refractivity contribution in [2.45, 2.75) is 103 Å². The first kappa shape index (κ1) is 22.6. The maximum absolute atomic E-state index is 5.77. The van der Waals surface area contributed by atoms with E-state index in [2.05, 4.69) is 14.0 Å². The van der Waals surface area contributed by atoms with Gasteiger partial charge in [0.05, 0.1) is 20.1 Å². The smallest absolute Gasteiger partial charge is 0.198 e. The number of quaternary nitrogens is 1. The molecular formula is C22H46N3+. The van der Waals surface area contributed by atoms with Crippen LogP contribution in [0.5, 0.6) is 0 Å². The van der Waals surface area contributed by atoms with Gasteiger partial charge in [-0.25, -0.2) is 4.99 Å². The van der Waals surface area contributed by atoms with Gasteiger partial charge in [-0.15, -0.1) is 0 Å². The van der Waals surface area contributed by atoms with E-state index in [-0.39, 0.29) is 0 Å². The average Bonchev–Trinajstić information content (AvgIpc) is 2.96.